The van der Waals surface area contributed by atoms with E-state index in [1.807, 2.05) is 14.1 Å². The number of ether oxygens (including phenoxy) is 1. The van der Waals surface area contributed by atoms with E-state index < -0.39 is 0 Å². The van der Waals surface area contributed by atoms with Crippen molar-refractivity contribution in [3.8, 4) is 6.01 Å². The Morgan fingerprint density at radius 1 is 1.29 bits per heavy atom. The van der Waals surface area contributed by atoms with Crippen molar-refractivity contribution < 1.29 is 4.74 Å². The Morgan fingerprint density at radius 2 is 1.94 bits per heavy atom. The van der Waals surface area contributed by atoms with Gasteiger partial charge in [-0.2, -0.15) is 15.0 Å². The number of rotatable bonds is 5. The molecular formula is C10H20N6O. The predicted octanol–water partition coefficient (Wildman–Crippen LogP) is 0.215. The minimum Gasteiger partial charge on any atom is -0.467 e. The van der Waals surface area contributed by atoms with E-state index in [0.29, 0.717) is 12.5 Å². The summed E-state index contributed by atoms with van der Waals surface area (Å²) in [6, 6.07) is 0.211. The van der Waals surface area contributed by atoms with Crippen LogP contribution in [0.25, 0.3) is 0 Å². The Hall–Kier alpha value is -1.63. The van der Waals surface area contributed by atoms with Crippen molar-refractivity contribution in [3.05, 3.63) is 0 Å². The van der Waals surface area contributed by atoms with Gasteiger partial charge in [0.05, 0.1) is 7.11 Å². The second-order valence-corrected chi connectivity index (χ2v) is 4.56. The van der Waals surface area contributed by atoms with Crippen LogP contribution in [0.15, 0.2) is 0 Å². The number of likely N-dealkylation sites (N-methyl/N-ethyl adjacent to an activating group) is 1. The van der Waals surface area contributed by atoms with E-state index in [-0.39, 0.29) is 17.5 Å². The molecule has 0 aliphatic carbocycles. The molecule has 0 atom stereocenters. The summed E-state index contributed by atoms with van der Waals surface area (Å²) < 4.78 is 4.92. The Kier molecular flexibility index (Phi) is 4.06. The number of aromatic nitrogens is 3. The summed E-state index contributed by atoms with van der Waals surface area (Å²) in [5, 5.41) is 3.12. The first kappa shape index (κ1) is 13.4. The highest BCUT2D eigenvalue weighted by Gasteiger charge is 2.20. The number of nitrogens with zero attached hydrogens (tertiary/aromatic N) is 4. The van der Waals surface area contributed by atoms with Gasteiger partial charge in [-0.3, -0.25) is 0 Å². The van der Waals surface area contributed by atoms with Crippen molar-refractivity contribution in [2.75, 3.05) is 38.8 Å². The van der Waals surface area contributed by atoms with Crippen LogP contribution in [0, 0.1) is 0 Å². The van der Waals surface area contributed by atoms with Gasteiger partial charge >= 0.3 is 6.01 Å². The number of nitrogen functional groups attached to an aromatic ring is 1. The van der Waals surface area contributed by atoms with E-state index >= 15 is 0 Å². The SMILES string of the molecule is COc1nc(N)nc(NCC(C)(C)N(C)C)n1. The number of hydrogen-bond acceptors (Lipinski definition) is 7. The first-order chi connectivity index (χ1) is 7.85. The third-order valence-corrected chi connectivity index (χ3v) is 2.70. The number of methoxy groups -OCH3 is 1. The lowest BCUT2D eigenvalue weighted by molar-refractivity contribution is 0.209. The lowest BCUT2D eigenvalue weighted by Crippen LogP contribution is -2.44. The largest absolute Gasteiger partial charge is 0.467 e. The maximum absolute atomic E-state index is 5.54. The van der Waals surface area contributed by atoms with E-state index in [9.17, 15) is 0 Å². The molecule has 0 radical (unpaired) electrons. The highest BCUT2D eigenvalue weighted by molar-refractivity contribution is 5.32. The van der Waals surface area contributed by atoms with Gasteiger partial charge in [0.15, 0.2) is 0 Å². The van der Waals surface area contributed by atoms with Crippen LogP contribution >= 0.6 is 0 Å². The van der Waals surface area contributed by atoms with E-state index in [0.717, 1.165) is 0 Å². The molecule has 7 nitrogen and oxygen atoms in total. The zero-order chi connectivity index (χ0) is 13.1. The molecule has 7 heteroatoms. The summed E-state index contributed by atoms with van der Waals surface area (Å²) in [4.78, 5) is 14.0. The summed E-state index contributed by atoms with van der Waals surface area (Å²) in [7, 11) is 5.52. The predicted molar refractivity (Wildman–Crippen MR) is 67.0 cm³/mol. The van der Waals surface area contributed by atoms with Crippen molar-refractivity contribution in [2.24, 2.45) is 0 Å². The van der Waals surface area contributed by atoms with Crippen LogP contribution in [0.2, 0.25) is 0 Å². The number of anilines is 2. The van der Waals surface area contributed by atoms with Gasteiger partial charge in [-0.05, 0) is 27.9 Å². The first-order valence-corrected chi connectivity index (χ1v) is 5.32. The van der Waals surface area contributed by atoms with Crippen molar-refractivity contribution in [1.29, 1.82) is 0 Å². The van der Waals surface area contributed by atoms with Gasteiger partial charge in [0.2, 0.25) is 11.9 Å². The van der Waals surface area contributed by atoms with Crippen molar-refractivity contribution in [3.63, 3.8) is 0 Å². The monoisotopic (exact) mass is 240 g/mol. The maximum atomic E-state index is 5.54. The van der Waals surface area contributed by atoms with Gasteiger partial charge in [-0.15, -0.1) is 0 Å². The van der Waals surface area contributed by atoms with E-state index in [4.69, 9.17) is 10.5 Å². The van der Waals surface area contributed by atoms with Gasteiger partial charge in [-0.25, -0.2) is 0 Å². The second-order valence-electron chi connectivity index (χ2n) is 4.56. The summed E-state index contributed by atoms with van der Waals surface area (Å²) >= 11 is 0. The van der Waals surface area contributed by atoms with Gasteiger partial charge in [0.25, 0.3) is 0 Å². The van der Waals surface area contributed by atoms with Crippen LogP contribution in [0.4, 0.5) is 11.9 Å². The van der Waals surface area contributed by atoms with Crippen LogP contribution in [-0.4, -0.2) is 53.1 Å². The fourth-order valence-corrected chi connectivity index (χ4v) is 0.996. The highest BCUT2D eigenvalue weighted by atomic mass is 16.5. The number of nitrogens with one attached hydrogen (secondary N) is 1. The smallest absolute Gasteiger partial charge is 0.322 e. The van der Waals surface area contributed by atoms with Crippen LogP contribution in [0.1, 0.15) is 13.8 Å². The minimum atomic E-state index is -0.0192. The topological polar surface area (TPSA) is 89.2 Å². The molecule has 0 fully saturated rings. The third kappa shape index (κ3) is 3.70. The first-order valence-electron chi connectivity index (χ1n) is 5.32. The standard InChI is InChI=1S/C10H20N6O/c1-10(2,16(3)4)6-12-8-13-7(11)14-9(15-8)17-5/h6H2,1-5H3,(H3,11,12,13,14,15). The minimum absolute atomic E-state index is 0.0192. The average molecular weight is 240 g/mol. The molecule has 1 aromatic rings. The fraction of sp³-hybridized carbons (Fsp3) is 0.700. The van der Waals surface area contributed by atoms with Crippen LogP contribution in [0.3, 0.4) is 0 Å². The lowest BCUT2D eigenvalue weighted by Gasteiger charge is -2.32. The summed E-state index contributed by atoms with van der Waals surface area (Å²) in [5.74, 6) is 0.561. The molecule has 0 bridgehead atoms. The van der Waals surface area contributed by atoms with Gasteiger partial charge < -0.3 is 20.7 Å². The van der Waals surface area contributed by atoms with Crippen molar-refractivity contribution in [1.82, 2.24) is 19.9 Å². The van der Waals surface area contributed by atoms with E-state index in [1.54, 1.807) is 0 Å². The van der Waals surface area contributed by atoms with Crippen LogP contribution in [-0.2, 0) is 0 Å². The van der Waals surface area contributed by atoms with Gasteiger partial charge in [0.1, 0.15) is 0 Å². The Balaban J connectivity index is 2.72. The van der Waals surface area contributed by atoms with Gasteiger partial charge in [0, 0.05) is 12.1 Å². The average Bonchev–Trinajstić information content (AvgIpc) is 2.25. The molecule has 1 aromatic heterocycles. The molecule has 0 spiro atoms. The molecular weight excluding hydrogens is 220 g/mol. The molecule has 0 unspecified atom stereocenters. The summed E-state index contributed by atoms with van der Waals surface area (Å²) in [6.07, 6.45) is 0. The molecule has 0 amide bonds. The lowest BCUT2D eigenvalue weighted by atomic mass is 10.1. The Bertz CT molecular complexity index is 379. The third-order valence-electron chi connectivity index (χ3n) is 2.70. The Morgan fingerprint density at radius 3 is 2.47 bits per heavy atom. The Labute approximate surface area is 101 Å². The molecule has 0 aliphatic rings. The molecule has 0 aromatic carbocycles. The van der Waals surface area contributed by atoms with Crippen LogP contribution < -0.4 is 15.8 Å². The summed E-state index contributed by atoms with van der Waals surface area (Å²) in [5.41, 5.74) is 5.52. The zero-order valence-corrected chi connectivity index (χ0v) is 11.0. The molecule has 96 valence electrons. The quantitative estimate of drug-likeness (QED) is 0.760. The molecule has 3 N–H and O–H groups in total. The second kappa shape index (κ2) is 5.13. The molecule has 1 heterocycles. The highest BCUT2D eigenvalue weighted by Crippen LogP contribution is 2.12. The van der Waals surface area contributed by atoms with Crippen molar-refractivity contribution >= 4 is 11.9 Å². The molecule has 17 heavy (non-hydrogen) atoms. The normalized spacial score (nSPS) is 11.6. The molecule has 0 saturated heterocycles. The van der Waals surface area contributed by atoms with E-state index in [1.165, 1.54) is 7.11 Å². The van der Waals surface area contributed by atoms with Crippen molar-refractivity contribution in [2.45, 2.75) is 19.4 Å². The maximum Gasteiger partial charge on any atom is 0.322 e. The number of nitrogens with two attached hydrogens (primary N) is 1. The zero-order valence-electron chi connectivity index (χ0n) is 11.0. The molecule has 0 saturated carbocycles. The van der Waals surface area contributed by atoms with E-state index in [2.05, 4.69) is 39.0 Å². The van der Waals surface area contributed by atoms with Crippen LogP contribution in [0.5, 0.6) is 6.01 Å². The number of hydrogen-bond donors (Lipinski definition) is 2. The fourth-order valence-electron chi connectivity index (χ4n) is 0.996. The summed E-state index contributed by atoms with van der Waals surface area (Å²) in [6.45, 7) is 4.91. The van der Waals surface area contributed by atoms with Gasteiger partial charge in [-0.1, -0.05) is 0 Å². The molecule has 1 rings (SSSR count). The molecule has 0 aliphatic heterocycles.